The number of fused-ring (bicyclic) bond motifs is 1. The molecule has 3 rings (SSSR count). The first kappa shape index (κ1) is 19.6. The Bertz CT molecular complexity index is 900. The fourth-order valence-electron chi connectivity index (χ4n) is 3.25. The molecule has 1 atom stereocenters. The number of hydrogen-bond acceptors (Lipinski definition) is 6. The minimum Gasteiger partial charge on any atom is -0.437 e. The van der Waals surface area contributed by atoms with E-state index in [1.54, 1.807) is 11.0 Å². The second kappa shape index (κ2) is 8.22. The van der Waals surface area contributed by atoms with Crippen LogP contribution in [0.3, 0.4) is 0 Å². The van der Waals surface area contributed by atoms with E-state index in [1.807, 2.05) is 43.3 Å². The van der Waals surface area contributed by atoms with E-state index in [9.17, 15) is 13.2 Å². The number of sulfone groups is 1. The van der Waals surface area contributed by atoms with Gasteiger partial charge in [-0.15, -0.1) is 0 Å². The highest BCUT2D eigenvalue weighted by atomic mass is 32.2. The van der Waals surface area contributed by atoms with Crippen LogP contribution in [0.25, 0.3) is 17.2 Å². The van der Waals surface area contributed by atoms with E-state index >= 15 is 0 Å². The summed E-state index contributed by atoms with van der Waals surface area (Å²) in [6.07, 6.45) is 4.24. The first-order valence-electron chi connectivity index (χ1n) is 9.03. The van der Waals surface area contributed by atoms with Crippen molar-refractivity contribution in [3.8, 4) is 0 Å². The number of carbonyl (C=O) groups excluding carboxylic acids is 1. The molecular formula is C19H25N3O4S. The number of amides is 1. The Hall–Kier alpha value is -2.19. The lowest BCUT2D eigenvalue weighted by Gasteiger charge is -2.27. The average molecular weight is 391 g/mol. The third-order valence-corrected chi connectivity index (χ3v) is 6.37. The van der Waals surface area contributed by atoms with Crippen LogP contribution in [0.15, 0.2) is 34.8 Å². The van der Waals surface area contributed by atoms with Gasteiger partial charge in [0.1, 0.15) is 5.52 Å². The molecule has 7 nitrogen and oxygen atoms in total. The van der Waals surface area contributed by atoms with Gasteiger partial charge in [-0.3, -0.25) is 4.79 Å². The molecule has 1 amide bonds. The highest BCUT2D eigenvalue weighted by Crippen LogP contribution is 2.20. The van der Waals surface area contributed by atoms with Gasteiger partial charge in [-0.1, -0.05) is 12.1 Å². The van der Waals surface area contributed by atoms with Crippen molar-refractivity contribution >= 4 is 32.9 Å². The van der Waals surface area contributed by atoms with Crippen molar-refractivity contribution in [1.82, 2.24) is 14.8 Å². The van der Waals surface area contributed by atoms with Crippen LogP contribution < -0.4 is 0 Å². The zero-order chi connectivity index (χ0) is 19.4. The summed E-state index contributed by atoms with van der Waals surface area (Å²) < 4.78 is 29.3. The highest BCUT2D eigenvalue weighted by molar-refractivity contribution is 7.91. The van der Waals surface area contributed by atoms with E-state index in [2.05, 4.69) is 4.98 Å². The van der Waals surface area contributed by atoms with Crippen LogP contribution in [-0.4, -0.2) is 73.8 Å². The third-order valence-electron chi connectivity index (χ3n) is 4.62. The van der Waals surface area contributed by atoms with E-state index < -0.39 is 9.84 Å². The molecule has 2 heterocycles. The maximum atomic E-state index is 12.8. The van der Waals surface area contributed by atoms with Gasteiger partial charge in [-0.2, -0.15) is 0 Å². The summed E-state index contributed by atoms with van der Waals surface area (Å²) in [5.41, 5.74) is 1.39. The Morgan fingerprint density at radius 1 is 1.30 bits per heavy atom. The molecule has 1 aromatic heterocycles. The molecule has 146 valence electrons. The summed E-state index contributed by atoms with van der Waals surface area (Å²) in [6.45, 7) is 1.35. The Balaban J connectivity index is 1.72. The fourth-order valence-corrected chi connectivity index (χ4v) is 4.98. The first-order valence-corrected chi connectivity index (χ1v) is 10.9. The smallest absolute Gasteiger partial charge is 0.247 e. The molecule has 0 radical (unpaired) electrons. The molecule has 0 aliphatic carbocycles. The van der Waals surface area contributed by atoms with Crippen molar-refractivity contribution in [2.45, 2.75) is 18.9 Å². The number of aromatic nitrogens is 1. The number of hydrogen-bond donors (Lipinski definition) is 0. The largest absolute Gasteiger partial charge is 0.437 e. The van der Waals surface area contributed by atoms with E-state index in [1.165, 1.54) is 6.08 Å². The molecule has 1 fully saturated rings. The summed E-state index contributed by atoms with van der Waals surface area (Å²) in [6, 6.07) is 7.13. The van der Waals surface area contributed by atoms with Crippen molar-refractivity contribution in [2.75, 3.05) is 38.7 Å². The molecule has 27 heavy (non-hydrogen) atoms. The number of para-hydroxylation sites is 2. The van der Waals surface area contributed by atoms with Gasteiger partial charge in [0.2, 0.25) is 11.8 Å². The second-order valence-corrected chi connectivity index (χ2v) is 9.33. The summed E-state index contributed by atoms with van der Waals surface area (Å²) in [4.78, 5) is 20.8. The van der Waals surface area contributed by atoms with Crippen LogP contribution in [0.2, 0.25) is 0 Å². The van der Waals surface area contributed by atoms with Gasteiger partial charge in [-0.05, 0) is 45.6 Å². The molecule has 1 unspecified atom stereocenters. The van der Waals surface area contributed by atoms with Crippen molar-refractivity contribution in [3.63, 3.8) is 0 Å². The molecule has 1 aliphatic rings. The fraction of sp³-hybridized carbons (Fsp3) is 0.474. The quantitative estimate of drug-likeness (QED) is 0.670. The minimum atomic E-state index is -3.06. The first-order chi connectivity index (χ1) is 12.8. The Kier molecular flexibility index (Phi) is 5.96. The normalized spacial score (nSPS) is 19.3. The number of rotatable bonds is 7. The second-order valence-electron chi connectivity index (χ2n) is 7.10. The van der Waals surface area contributed by atoms with Gasteiger partial charge in [0.15, 0.2) is 15.4 Å². The Morgan fingerprint density at radius 3 is 2.74 bits per heavy atom. The third kappa shape index (κ3) is 5.17. The molecule has 1 aliphatic heterocycles. The van der Waals surface area contributed by atoms with Crippen molar-refractivity contribution in [1.29, 1.82) is 0 Å². The number of benzene rings is 1. The lowest BCUT2D eigenvalue weighted by Crippen LogP contribution is -2.41. The molecule has 0 saturated carbocycles. The molecule has 0 spiro atoms. The predicted molar refractivity (Wildman–Crippen MR) is 105 cm³/mol. The zero-order valence-electron chi connectivity index (χ0n) is 15.7. The van der Waals surface area contributed by atoms with Gasteiger partial charge >= 0.3 is 0 Å². The van der Waals surface area contributed by atoms with Crippen molar-refractivity contribution < 1.29 is 17.6 Å². The lowest BCUT2D eigenvalue weighted by molar-refractivity contribution is -0.127. The topological polar surface area (TPSA) is 83.7 Å². The van der Waals surface area contributed by atoms with Crippen LogP contribution in [0, 0.1) is 0 Å². The van der Waals surface area contributed by atoms with E-state index in [0.29, 0.717) is 24.4 Å². The predicted octanol–water partition coefficient (Wildman–Crippen LogP) is 1.81. The lowest BCUT2D eigenvalue weighted by atomic mass is 10.2. The van der Waals surface area contributed by atoms with Crippen molar-refractivity contribution in [2.24, 2.45) is 0 Å². The van der Waals surface area contributed by atoms with Crippen LogP contribution >= 0.6 is 0 Å². The minimum absolute atomic E-state index is 0.0391. The van der Waals surface area contributed by atoms with Gasteiger partial charge in [0.25, 0.3) is 0 Å². The van der Waals surface area contributed by atoms with Crippen molar-refractivity contribution in [3.05, 3.63) is 36.2 Å². The highest BCUT2D eigenvalue weighted by Gasteiger charge is 2.33. The number of carbonyl (C=O) groups is 1. The van der Waals surface area contributed by atoms with E-state index in [4.69, 9.17) is 4.42 Å². The Morgan fingerprint density at radius 2 is 2.07 bits per heavy atom. The molecule has 2 aromatic rings. The van der Waals surface area contributed by atoms with E-state index in [-0.39, 0.29) is 23.5 Å². The van der Waals surface area contributed by atoms with Gasteiger partial charge in [-0.25, -0.2) is 13.4 Å². The SMILES string of the molecule is CN(C)CCCN(C(=O)/C=C/c1nc2ccccc2o1)C1CCS(=O)(=O)C1. The number of nitrogens with zero attached hydrogens (tertiary/aromatic N) is 3. The van der Waals surface area contributed by atoms with Gasteiger partial charge < -0.3 is 14.2 Å². The molecular weight excluding hydrogens is 366 g/mol. The zero-order valence-corrected chi connectivity index (χ0v) is 16.5. The number of oxazole rings is 1. The summed E-state index contributed by atoms with van der Waals surface area (Å²) in [5.74, 6) is 0.330. The van der Waals surface area contributed by atoms with Crippen LogP contribution in [0.5, 0.6) is 0 Å². The molecule has 8 heteroatoms. The van der Waals surface area contributed by atoms with Gasteiger partial charge in [0, 0.05) is 24.7 Å². The van der Waals surface area contributed by atoms with Crippen LogP contribution in [0.1, 0.15) is 18.7 Å². The maximum absolute atomic E-state index is 12.8. The summed E-state index contributed by atoms with van der Waals surface area (Å²) in [7, 11) is 0.884. The molecule has 0 N–H and O–H groups in total. The summed E-state index contributed by atoms with van der Waals surface area (Å²) in [5, 5.41) is 0. The average Bonchev–Trinajstić information content (AvgIpc) is 3.18. The molecule has 1 aromatic carbocycles. The Labute approximate surface area is 159 Å². The molecule has 0 bridgehead atoms. The maximum Gasteiger partial charge on any atom is 0.247 e. The van der Waals surface area contributed by atoms with E-state index in [0.717, 1.165) is 18.5 Å². The van der Waals surface area contributed by atoms with Crippen LogP contribution in [0.4, 0.5) is 0 Å². The summed E-state index contributed by atoms with van der Waals surface area (Å²) >= 11 is 0. The van der Waals surface area contributed by atoms with Gasteiger partial charge in [0.05, 0.1) is 11.5 Å². The monoisotopic (exact) mass is 391 g/mol. The molecule has 1 saturated heterocycles. The standard InChI is InChI=1S/C19H25N3O4S/c1-21(2)11-5-12-22(15-10-13-27(24,25)14-15)19(23)9-8-18-20-16-6-3-4-7-17(16)26-18/h3-4,6-9,15H,5,10-14H2,1-2H3/b9-8+. The van der Waals surface area contributed by atoms with Crippen LogP contribution in [-0.2, 0) is 14.6 Å².